The predicted molar refractivity (Wildman–Crippen MR) is 171 cm³/mol. The number of ether oxygens (including phenoxy) is 2. The van der Waals surface area contributed by atoms with Crippen molar-refractivity contribution in [3.63, 3.8) is 0 Å². The van der Waals surface area contributed by atoms with Crippen molar-refractivity contribution in [1.82, 2.24) is 20.5 Å². The Balaban J connectivity index is 1.19. The fourth-order valence-electron chi connectivity index (χ4n) is 5.52. The number of nitrogens with one attached hydrogen (secondary N) is 2. The minimum atomic E-state index is -1.19. The van der Waals surface area contributed by atoms with E-state index < -0.39 is 41.7 Å². The van der Waals surface area contributed by atoms with Crippen molar-refractivity contribution < 1.29 is 37.7 Å². The van der Waals surface area contributed by atoms with Crippen LogP contribution in [0.25, 0.3) is 11.3 Å². The average molecular weight is 666 g/mol. The molecule has 2 fully saturated rings. The standard InChI is InChI=1S/C32H45F2N5O6S/c1-20-16-21(40)17-39(20)30(43)29(32(2,3)4)37-25(41)8-6-5-7-11-35-26(42)18-45-28-22(9-10-23(33)27(28)34)24-19-46-31(36-24)38-12-14-44-15-13-38/h9-10,19-21,29,40H,5-8,11-18H2,1-4H3,(H,35,42)(H,37,41)/t20-,21-,29-/m1/s1. The van der Waals surface area contributed by atoms with E-state index in [1.54, 1.807) is 10.3 Å². The lowest BCUT2D eigenvalue weighted by atomic mass is 9.85. The smallest absolute Gasteiger partial charge is 0.257 e. The van der Waals surface area contributed by atoms with Crippen molar-refractivity contribution in [2.24, 2.45) is 5.41 Å². The Morgan fingerprint density at radius 2 is 1.89 bits per heavy atom. The summed E-state index contributed by atoms with van der Waals surface area (Å²) in [5, 5.41) is 18.0. The molecule has 4 rings (SSSR count). The summed E-state index contributed by atoms with van der Waals surface area (Å²) in [6.45, 7) is 10.2. The molecule has 46 heavy (non-hydrogen) atoms. The molecule has 2 aromatic rings. The molecule has 14 heteroatoms. The quantitative estimate of drug-likeness (QED) is 0.277. The molecule has 0 radical (unpaired) electrons. The lowest BCUT2D eigenvalue weighted by molar-refractivity contribution is -0.140. The van der Waals surface area contributed by atoms with Gasteiger partial charge in [-0.3, -0.25) is 14.4 Å². The second-order valence-corrected chi connectivity index (χ2v) is 13.7. The van der Waals surface area contributed by atoms with Gasteiger partial charge in [-0.1, -0.05) is 27.2 Å². The summed E-state index contributed by atoms with van der Waals surface area (Å²) in [7, 11) is 0. The molecule has 3 heterocycles. The number of anilines is 1. The van der Waals surface area contributed by atoms with Crippen LogP contribution in [0.4, 0.5) is 13.9 Å². The molecule has 2 saturated heterocycles. The summed E-state index contributed by atoms with van der Waals surface area (Å²) in [4.78, 5) is 46.6. The number of hydrogen-bond acceptors (Lipinski definition) is 9. The van der Waals surface area contributed by atoms with Crippen LogP contribution in [0.1, 0.15) is 59.8 Å². The number of thiazole rings is 1. The van der Waals surface area contributed by atoms with Crippen LogP contribution in [0.2, 0.25) is 0 Å². The Morgan fingerprint density at radius 1 is 1.15 bits per heavy atom. The molecular formula is C32H45F2N5O6S. The minimum Gasteiger partial charge on any atom is -0.480 e. The second kappa shape index (κ2) is 16.0. The first-order chi connectivity index (χ1) is 21.8. The zero-order chi connectivity index (χ0) is 33.4. The number of aromatic nitrogens is 1. The van der Waals surface area contributed by atoms with Crippen LogP contribution in [0.3, 0.4) is 0 Å². The fraction of sp³-hybridized carbons (Fsp3) is 0.625. The van der Waals surface area contributed by atoms with Gasteiger partial charge in [0.1, 0.15) is 6.04 Å². The molecule has 2 aliphatic heterocycles. The summed E-state index contributed by atoms with van der Waals surface area (Å²) in [6, 6.07) is 1.59. The molecule has 3 atom stereocenters. The number of benzene rings is 1. The molecule has 0 bridgehead atoms. The van der Waals surface area contributed by atoms with Crippen molar-refractivity contribution in [3.05, 3.63) is 29.1 Å². The van der Waals surface area contributed by atoms with E-state index in [1.165, 1.54) is 17.4 Å². The molecule has 254 valence electrons. The summed E-state index contributed by atoms with van der Waals surface area (Å²) < 4.78 is 39.7. The van der Waals surface area contributed by atoms with E-state index >= 15 is 0 Å². The van der Waals surface area contributed by atoms with Crippen molar-refractivity contribution in [1.29, 1.82) is 0 Å². The number of aliphatic hydroxyl groups is 1. The number of unbranched alkanes of at least 4 members (excludes halogenated alkanes) is 2. The molecule has 1 aromatic carbocycles. The van der Waals surface area contributed by atoms with E-state index in [0.717, 1.165) is 11.2 Å². The lowest BCUT2D eigenvalue weighted by Gasteiger charge is -2.35. The Kier molecular flexibility index (Phi) is 12.3. The van der Waals surface area contributed by atoms with Gasteiger partial charge in [-0.15, -0.1) is 11.3 Å². The number of carbonyl (C=O) groups excluding carboxylic acids is 3. The van der Waals surface area contributed by atoms with Crippen LogP contribution in [0, 0.1) is 17.0 Å². The number of β-amino-alcohol motifs (C(OH)–C–C–N with tert-alkyl or cyclic N) is 1. The molecule has 3 amide bonds. The van der Waals surface area contributed by atoms with Gasteiger partial charge in [0.15, 0.2) is 23.3 Å². The minimum absolute atomic E-state index is 0.0912. The molecule has 0 aliphatic carbocycles. The number of likely N-dealkylation sites (tertiary alicyclic amines) is 1. The third-order valence-corrected chi connectivity index (χ3v) is 9.01. The number of morpholine rings is 1. The van der Waals surface area contributed by atoms with E-state index in [1.807, 2.05) is 27.7 Å². The van der Waals surface area contributed by atoms with E-state index in [-0.39, 0.29) is 42.1 Å². The molecular weight excluding hydrogens is 620 g/mol. The topological polar surface area (TPSA) is 133 Å². The summed E-state index contributed by atoms with van der Waals surface area (Å²) in [6.07, 6.45) is 1.98. The number of rotatable bonds is 13. The van der Waals surface area contributed by atoms with Gasteiger partial charge in [0, 0.05) is 49.6 Å². The largest absolute Gasteiger partial charge is 0.480 e. The maximum Gasteiger partial charge on any atom is 0.257 e. The third-order valence-electron chi connectivity index (χ3n) is 8.10. The van der Waals surface area contributed by atoms with Crippen LogP contribution < -0.4 is 20.3 Å². The summed E-state index contributed by atoms with van der Waals surface area (Å²) in [5.74, 6) is -3.57. The Bertz CT molecular complexity index is 1360. The number of aliphatic hydroxyl groups excluding tert-OH is 1. The SMILES string of the molecule is C[C@@H]1C[C@@H](O)CN1C(=O)[C@@H](NC(=O)CCCCCNC(=O)COc1c(-c2csc(N3CCOCC3)n2)ccc(F)c1F)C(C)(C)C. The summed E-state index contributed by atoms with van der Waals surface area (Å²) in [5.41, 5.74) is 0.171. The fourth-order valence-corrected chi connectivity index (χ4v) is 6.40. The number of nitrogens with zero attached hydrogens (tertiary/aromatic N) is 3. The predicted octanol–water partition coefficient (Wildman–Crippen LogP) is 3.49. The van der Waals surface area contributed by atoms with Crippen molar-refractivity contribution in [2.45, 2.75) is 78.0 Å². The van der Waals surface area contributed by atoms with Crippen molar-refractivity contribution in [2.75, 3.05) is 50.9 Å². The third kappa shape index (κ3) is 9.35. The van der Waals surface area contributed by atoms with Gasteiger partial charge in [-0.2, -0.15) is 4.39 Å². The molecule has 1 aromatic heterocycles. The van der Waals surface area contributed by atoms with Gasteiger partial charge < -0.3 is 35.0 Å². The van der Waals surface area contributed by atoms with E-state index in [0.29, 0.717) is 64.2 Å². The first-order valence-corrected chi connectivity index (χ1v) is 16.7. The van der Waals surface area contributed by atoms with Crippen molar-refractivity contribution in [3.8, 4) is 17.0 Å². The summed E-state index contributed by atoms with van der Waals surface area (Å²) >= 11 is 1.38. The highest BCUT2D eigenvalue weighted by Crippen LogP contribution is 2.36. The first kappa shape index (κ1) is 35.5. The molecule has 11 nitrogen and oxygen atoms in total. The highest BCUT2D eigenvalue weighted by Gasteiger charge is 2.40. The molecule has 3 N–H and O–H groups in total. The van der Waals surface area contributed by atoms with Crippen LogP contribution in [-0.4, -0.2) is 96.9 Å². The van der Waals surface area contributed by atoms with Crippen LogP contribution in [0.15, 0.2) is 17.5 Å². The van der Waals surface area contributed by atoms with Gasteiger partial charge >= 0.3 is 0 Å². The molecule has 2 aliphatic rings. The number of halogens is 2. The molecule has 0 unspecified atom stereocenters. The maximum absolute atomic E-state index is 14.8. The number of hydrogen-bond donors (Lipinski definition) is 3. The highest BCUT2D eigenvalue weighted by molar-refractivity contribution is 7.14. The highest BCUT2D eigenvalue weighted by atomic mass is 32.1. The maximum atomic E-state index is 14.8. The lowest BCUT2D eigenvalue weighted by Crippen LogP contribution is -2.55. The van der Waals surface area contributed by atoms with Crippen molar-refractivity contribution >= 4 is 34.2 Å². The normalized spacial score (nSPS) is 19.2. The van der Waals surface area contributed by atoms with Crippen LogP contribution >= 0.6 is 11.3 Å². The van der Waals surface area contributed by atoms with Gasteiger partial charge in [0.2, 0.25) is 17.6 Å². The van der Waals surface area contributed by atoms with Gasteiger partial charge in [-0.05, 0) is 43.7 Å². The number of amides is 3. The molecule has 0 saturated carbocycles. The van der Waals surface area contributed by atoms with Gasteiger partial charge in [0.05, 0.1) is 25.0 Å². The van der Waals surface area contributed by atoms with E-state index in [2.05, 4.69) is 20.5 Å². The second-order valence-electron chi connectivity index (χ2n) is 12.9. The molecule has 0 spiro atoms. The average Bonchev–Trinajstić information content (AvgIpc) is 3.64. The van der Waals surface area contributed by atoms with Gasteiger partial charge in [-0.25, -0.2) is 9.37 Å². The zero-order valence-corrected chi connectivity index (χ0v) is 27.8. The van der Waals surface area contributed by atoms with Crippen LogP contribution in [-0.2, 0) is 19.1 Å². The van der Waals surface area contributed by atoms with Crippen LogP contribution in [0.5, 0.6) is 5.75 Å². The van der Waals surface area contributed by atoms with Gasteiger partial charge in [0.25, 0.3) is 5.91 Å². The Morgan fingerprint density at radius 3 is 2.57 bits per heavy atom. The first-order valence-electron chi connectivity index (χ1n) is 15.8. The van der Waals surface area contributed by atoms with E-state index in [9.17, 15) is 28.3 Å². The monoisotopic (exact) mass is 665 g/mol. The zero-order valence-electron chi connectivity index (χ0n) is 26.9. The number of carbonyl (C=O) groups is 3. The Labute approximate surface area is 272 Å². The Hall–Kier alpha value is -3.36. The van der Waals surface area contributed by atoms with E-state index in [4.69, 9.17) is 9.47 Å².